The lowest BCUT2D eigenvalue weighted by Crippen LogP contribution is -2.43. The Balaban J connectivity index is 2.02. The predicted molar refractivity (Wildman–Crippen MR) is 102 cm³/mol. The normalized spacial score (nSPS) is 13.2. The second-order valence-corrected chi connectivity index (χ2v) is 6.23. The minimum Gasteiger partial charge on any atom is -0.467 e. The SMILES string of the molecule is CCNC(=NCc1ccco1)NCC(c1ccsc1)N(CC)CC. The Morgan fingerprint density at radius 2 is 2.08 bits per heavy atom. The van der Waals surface area contributed by atoms with Gasteiger partial charge in [-0.25, -0.2) is 4.99 Å². The second kappa shape index (κ2) is 10.2. The van der Waals surface area contributed by atoms with Gasteiger partial charge in [0.1, 0.15) is 12.3 Å². The molecule has 0 saturated heterocycles. The van der Waals surface area contributed by atoms with E-state index in [4.69, 9.17) is 4.42 Å². The van der Waals surface area contributed by atoms with Crippen LogP contribution in [0.3, 0.4) is 0 Å². The summed E-state index contributed by atoms with van der Waals surface area (Å²) in [5.74, 6) is 1.69. The summed E-state index contributed by atoms with van der Waals surface area (Å²) in [5, 5.41) is 11.2. The third-order valence-corrected chi connectivity index (χ3v) is 4.66. The molecule has 0 aliphatic heterocycles. The molecule has 2 aromatic heterocycles. The van der Waals surface area contributed by atoms with E-state index in [-0.39, 0.29) is 0 Å². The van der Waals surface area contributed by atoms with E-state index in [0.717, 1.165) is 37.9 Å². The first kappa shape index (κ1) is 18.5. The molecule has 0 saturated carbocycles. The third kappa shape index (κ3) is 5.39. The molecule has 2 heterocycles. The Labute approximate surface area is 148 Å². The van der Waals surface area contributed by atoms with Gasteiger partial charge in [-0.2, -0.15) is 11.3 Å². The molecule has 0 fully saturated rings. The van der Waals surface area contributed by atoms with Gasteiger partial charge in [0.15, 0.2) is 5.96 Å². The van der Waals surface area contributed by atoms with Gasteiger partial charge >= 0.3 is 0 Å². The van der Waals surface area contributed by atoms with E-state index >= 15 is 0 Å². The number of hydrogen-bond acceptors (Lipinski definition) is 4. The van der Waals surface area contributed by atoms with Crippen molar-refractivity contribution in [3.05, 3.63) is 46.5 Å². The molecular weight excluding hydrogens is 320 g/mol. The van der Waals surface area contributed by atoms with E-state index in [2.05, 4.69) is 58.1 Å². The summed E-state index contributed by atoms with van der Waals surface area (Å²) in [4.78, 5) is 7.07. The monoisotopic (exact) mass is 348 g/mol. The van der Waals surface area contributed by atoms with Gasteiger partial charge in [-0.05, 0) is 54.5 Å². The fourth-order valence-electron chi connectivity index (χ4n) is 2.68. The lowest BCUT2D eigenvalue weighted by atomic mass is 10.1. The molecule has 0 aliphatic rings. The Morgan fingerprint density at radius 3 is 2.67 bits per heavy atom. The quantitative estimate of drug-likeness (QED) is 0.538. The van der Waals surface area contributed by atoms with Crippen molar-refractivity contribution in [1.29, 1.82) is 0 Å². The van der Waals surface area contributed by atoms with Crippen molar-refractivity contribution in [2.24, 2.45) is 4.99 Å². The molecule has 24 heavy (non-hydrogen) atoms. The number of guanidine groups is 1. The van der Waals surface area contributed by atoms with Crippen LogP contribution in [0.2, 0.25) is 0 Å². The molecule has 1 unspecified atom stereocenters. The predicted octanol–water partition coefficient (Wildman–Crippen LogP) is 3.48. The molecular formula is C18H28N4OS. The van der Waals surface area contributed by atoms with Crippen molar-refractivity contribution in [2.75, 3.05) is 26.2 Å². The van der Waals surface area contributed by atoms with Crippen LogP contribution in [0.25, 0.3) is 0 Å². The molecule has 0 radical (unpaired) electrons. The van der Waals surface area contributed by atoms with Gasteiger partial charge in [0.25, 0.3) is 0 Å². The standard InChI is InChI=1S/C18H28N4OS/c1-4-19-18(20-12-16-8-7-10-23-16)21-13-17(22(5-2)6-3)15-9-11-24-14-15/h7-11,14,17H,4-6,12-13H2,1-3H3,(H2,19,20,21). The van der Waals surface area contributed by atoms with Gasteiger partial charge in [0.05, 0.1) is 12.3 Å². The smallest absolute Gasteiger partial charge is 0.191 e. The van der Waals surface area contributed by atoms with E-state index in [0.29, 0.717) is 12.6 Å². The van der Waals surface area contributed by atoms with Gasteiger partial charge in [0, 0.05) is 13.1 Å². The molecule has 6 heteroatoms. The van der Waals surface area contributed by atoms with Crippen molar-refractivity contribution in [1.82, 2.24) is 15.5 Å². The molecule has 0 aromatic carbocycles. The summed E-state index contributed by atoms with van der Waals surface area (Å²) < 4.78 is 5.35. The van der Waals surface area contributed by atoms with E-state index in [1.54, 1.807) is 17.6 Å². The van der Waals surface area contributed by atoms with E-state index < -0.39 is 0 Å². The molecule has 2 rings (SSSR count). The highest BCUT2D eigenvalue weighted by Crippen LogP contribution is 2.22. The molecule has 2 N–H and O–H groups in total. The highest BCUT2D eigenvalue weighted by atomic mass is 32.1. The molecule has 132 valence electrons. The minimum atomic E-state index is 0.346. The third-order valence-electron chi connectivity index (χ3n) is 3.96. The number of likely N-dealkylation sites (N-methyl/N-ethyl adjacent to an activating group) is 1. The Kier molecular flexibility index (Phi) is 7.85. The van der Waals surface area contributed by atoms with Gasteiger partial charge < -0.3 is 15.1 Å². The fraction of sp³-hybridized carbons (Fsp3) is 0.500. The number of hydrogen-bond donors (Lipinski definition) is 2. The number of nitrogens with zero attached hydrogens (tertiary/aromatic N) is 2. The van der Waals surface area contributed by atoms with Gasteiger partial charge in [-0.15, -0.1) is 0 Å². The van der Waals surface area contributed by atoms with Crippen LogP contribution in [0.15, 0.2) is 44.6 Å². The summed E-state index contributed by atoms with van der Waals surface area (Å²) in [5.41, 5.74) is 1.36. The minimum absolute atomic E-state index is 0.346. The van der Waals surface area contributed by atoms with E-state index in [1.807, 2.05) is 12.1 Å². The maximum absolute atomic E-state index is 5.35. The Hall–Kier alpha value is -1.79. The van der Waals surface area contributed by atoms with Gasteiger partial charge in [0.2, 0.25) is 0 Å². The number of rotatable bonds is 9. The number of thiophene rings is 1. The zero-order valence-electron chi connectivity index (χ0n) is 14.8. The van der Waals surface area contributed by atoms with Crippen molar-refractivity contribution in [3.63, 3.8) is 0 Å². The Bertz CT molecular complexity index is 576. The van der Waals surface area contributed by atoms with Crippen molar-refractivity contribution >= 4 is 17.3 Å². The molecule has 0 spiro atoms. The van der Waals surface area contributed by atoms with Crippen LogP contribution in [0.5, 0.6) is 0 Å². The highest BCUT2D eigenvalue weighted by molar-refractivity contribution is 7.07. The van der Waals surface area contributed by atoms with Crippen LogP contribution in [0, 0.1) is 0 Å². The van der Waals surface area contributed by atoms with Gasteiger partial charge in [-0.3, -0.25) is 4.90 Å². The van der Waals surface area contributed by atoms with E-state index in [9.17, 15) is 0 Å². The first-order valence-corrected chi connectivity index (χ1v) is 9.53. The lowest BCUT2D eigenvalue weighted by molar-refractivity contribution is 0.219. The molecule has 0 amide bonds. The average Bonchev–Trinajstić information content (AvgIpc) is 3.29. The van der Waals surface area contributed by atoms with Crippen molar-refractivity contribution < 1.29 is 4.42 Å². The number of aliphatic imine (C=N–C) groups is 1. The van der Waals surface area contributed by atoms with Crippen molar-refractivity contribution in [3.8, 4) is 0 Å². The number of nitrogens with one attached hydrogen (secondary N) is 2. The maximum atomic E-state index is 5.35. The van der Waals surface area contributed by atoms with Crippen molar-refractivity contribution in [2.45, 2.75) is 33.4 Å². The van der Waals surface area contributed by atoms with Crippen LogP contribution in [-0.4, -0.2) is 37.0 Å². The second-order valence-electron chi connectivity index (χ2n) is 5.45. The van der Waals surface area contributed by atoms with E-state index in [1.165, 1.54) is 5.56 Å². The first-order valence-electron chi connectivity index (χ1n) is 8.59. The largest absolute Gasteiger partial charge is 0.467 e. The highest BCUT2D eigenvalue weighted by Gasteiger charge is 2.18. The summed E-state index contributed by atoms with van der Waals surface area (Å²) in [7, 11) is 0. The molecule has 2 aromatic rings. The topological polar surface area (TPSA) is 52.8 Å². The summed E-state index contributed by atoms with van der Waals surface area (Å²) in [6.07, 6.45) is 1.68. The molecule has 5 nitrogen and oxygen atoms in total. The van der Waals surface area contributed by atoms with Crippen LogP contribution >= 0.6 is 11.3 Å². The Morgan fingerprint density at radius 1 is 1.25 bits per heavy atom. The molecule has 1 atom stereocenters. The number of furan rings is 1. The maximum Gasteiger partial charge on any atom is 0.191 e. The summed E-state index contributed by atoms with van der Waals surface area (Å²) in [6, 6.07) is 6.39. The van der Waals surface area contributed by atoms with Crippen LogP contribution in [0.4, 0.5) is 0 Å². The van der Waals surface area contributed by atoms with Crippen LogP contribution < -0.4 is 10.6 Å². The first-order chi connectivity index (χ1) is 11.8. The molecule has 0 aliphatic carbocycles. The fourth-order valence-corrected chi connectivity index (χ4v) is 3.39. The summed E-state index contributed by atoms with van der Waals surface area (Å²) >= 11 is 1.75. The average molecular weight is 349 g/mol. The zero-order valence-corrected chi connectivity index (χ0v) is 15.6. The van der Waals surface area contributed by atoms with Crippen LogP contribution in [0.1, 0.15) is 38.1 Å². The lowest BCUT2D eigenvalue weighted by Gasteiger charge is -2.30. The molecule has 0 bridgehead atoms. The zero-order chi connectivity index (χ0) is 17.2. The van der Waals surface area contributed by atoms with Gasteiger partial charge in [-0.1, -0.05) is 13.8 Å². The summed E-state index contributed by atoms with van der Waals surface area (Å²) in [6.45, 7) is 10.7. The van der Waals surface area contributed by atoms with Crippen LogP contribution in [-0.2, 0) is 6.54 Å².